The van der Waals surface area contributed by atoms with Gasteiger partial charge in [-0.1, -0.05) is 6.92 Å². The lowest BCUT2D eigenvalue weighted by atomic mass is 9.87. The number of fused-ring (bicyclic) bond motifs is 1. The lowest BCUT2D eigenvalue weighted by Gasteiger charge is -2.26. The molecule has 4 aromatic rings. The Hall–Kier alpha value is -3.62. The maximum atomic E-state index is 11.4. The van der Waals surface area contributed by atoms with E-state index in [0.29, 0.717) is 17.8 Å². The van der Waals surface area contributed by atoms with E-state index in [2.05, 4.69) is 31.0 Å². The maximum absolute atomic E-state index is 11.4. The Morgan fingerprint density at radius 3 is 2.71 bits per heavy atom. The molecule has 0 saturated heterocycles. The molecule has 4 aromatic heterocycles. The average Bonchev–Trinajstić information content (AvgIpc) is 3.22. The molecule has 0 spiro atoms. The van der Waals surface area contributed by atoms with Crippen LogP contribution in [0.4, 0.5) is 0 Å². The molecule has 0 aromatic carbocycles. The van der Waals surface area contributed by atoms with E-state index in [9.17, 15) is 5.11 Å². The van der Waals surface area contributed by atoms with E-state index in [1.54, 1.807) is 31.6 Å². The summed E-state index contributed by atoms with van der Waals surface area (Å²) in [6.07, 6.45) is 10.8. The second kappa shape index (κ2) is 8.25. The molecular weight excluding hydrogens is 390 g/mol. The van der Waals surface area contributed by atoms with Crippen LogP contribution in [-0.2, 0) is 5.60 Å². The van der Waals surface area contributed by atoms with Gasteiger partial charge >= 0.3 is 0 Å². The van der Waals surface area contributed by atoms with Crippen molar-refractivity contribution in [2.75, 3.05) is 7.05 Å². The highest BCUT2D eigenvalue weighted by molar-refractivity contribution is 5.94. The summed E-state index contributed by atoms with van der Waals surface area (Å²) in [6, 6.07) is 7.49. The molecule has 8 nitrogen and oxygen atoms in total. The molecule has 0 aliphatic heterocycles. The summed E-state index contributed by atoms with van der Waals surface area (Å²) >= 11 is 0. The van der Waals surface area contributed by atoms with Gasteiger partial charge in [0.25, 0.3) is 0 Å². The van der Waals surface area contributed by atoms with Crippen molar-refractivity contribution < 1.29 is 5.11 Å². The molecule has 4 heterocycles. The summed E-state index contributed by atoms with van der Waals surface area (Å²) in [5.41, 5.74) is 4.34. The van der Waals surface area contributed by atoms with E-state index >= 15 is 0 Å². The first-order chi connectivity index (χ1) is 14.9. The molecule has 0 fully saturated rings. The Kier molecular flexibility index (Phi) is 5.50. The number of aromatic nitrogens is 5. The Morgan fingerprint density at radius 1 is 1.23 bits per heavy atom. The lowest BCUT2D eigenvalue weighted by Crippen LogP contribution is -2.27. The molecule has 1 unspecified atom stereocenters. The third kappa shape index (κ3) is 3.90. The summed E-state index contributed by atoms with van der Waals surface area (Å²) in [5, 5.41) is 13.9. The predicted octanol–water partition coefficient (Wildman–Crippen LogP) is 3.23. The van der Waals surface area contributed by atoms with Gasteiger partial charge in [-0.3, -0.25) is 4.98 Å². The second-order valence-electron chi connectivity index (χ2n) is 7.54. The molecule has 31 heavy (non-hydrogen) atoms. The number of nitrogens with one attached hydrogen (secondary N) is 1. The van der Waals surface area contributed by atoms with Crippen LogP contribution in [0.2, 0.25) is 0 Å². The number of hydrogen-bond donors (Lipinski definition) is 3. The van der Waals surface area contributed by atoms with Crippen LogP contribution in [0.15, 0.2) is 61.6 Å². The molecule has 1 atom stereocenters. The van der Waals surface area contributed by atoms with Gasteiger partial charge in [-0.2, -0.15) is 0 Å². The van der Waals surface area contributed by atoms with Crippen LogP contribution in [-0.4, -0.2) is 42.1 Å². The van der Waals surface area contributed by atoms with Crippen LogP contribution in [0.3, 0.4) is 0 Å². The van der Waals surface area contributed by atoms with E-state index in [1.807, 2.05) is 38.5 Å². The largest absolute Gasteiger partial charge is 0.379 e. The monoisotopic (exact) mass is 415 g/mol. The van der Waals surface area contributed by atoms with Crippen LogP contribution in [0, 0.1) is 0 Å². The zero-order chi connectivity index (χ0) is 22.0. The van der Waals surface area contributed by atoms with Crippen molar-refractivity contribution in [3.05, 3.63) is 78.4 Å². The average molecular weight is 416 g/mol. The molecule has 0 amide bonds. The Bertz CT molecular complexity index is 1230. The molecule has 158 valence electrons. The zero-order valence-electron chi connectivity index (χ0n) is 17.7. The predicted molar refractivity (Wildman–Crippen MR) is 120 cm³/mol. The number of pyridine rings is 2. The van der Waals surface area contributed by atoms with Gasteiger partial charge in [0.2, 0.25) is 0 Å². The van der Waals surface area contributed by atoms with Gasteiger partial charge in [-0.15, -0.1) is 0 Å². The molecule has 4 N–H and O–H groups in total. The van der Waals surface area contributed by atoms with Crippen molar-refractivity contribution in [3.8, 4) is 11.3 Å². The molecule has 4 rings (SSSR count). The van der Waals surface area contributed by atoms with E-state index in [0.717, 1.165) is 33.3 Å². The molecule has 0 aliphatic carbocycles. The highest BCUT2D eigenvalue weighted by Crippen LogP contribution is 2.34. The standard InChI is InChI=1S/C23H25N7O/c1-4-23(31,17-5-7-25-8-6-17)21-10-20(28-14-29-21)19-12-27-22-18(19)9-16(11-26-22)15(2)13-30(3)24/h5-14,31H,4,24H2,1-3H3,(H,26,27)/b15-13+. The van der Waals surface area contributed by atoms with Crippen LogP contribution < -0.4 is 5.84 Å². The van der Waals surface area contributed by atoms with Gasteiger partial charge in [-0.05, 0) is 54.3 Å². The maximum Gasteiger partial charge on any atom is 0.137 e. The first-order valence-electron chi connectivity index (χ1n) is 10.0. The lowest BCUT2D eigenvalue weighted by molar-refractivity contribution is 0.0717. The number of aliphatic hydroxyl groups is 1. The van der Waals surface area contributed by atoms with E-state index in [4.69, 9.17) is 5.84 Å². The molecule has 0 saturated carbocycles. The Labute approximate surface area is 180 Å². The van der Waals surface area contributed by atoms with Gasteiger partial charge in [0, 0.05) is 49.0 Å². The van der Waals surface area contributed by atoms with Gasteiger partial charge in [-0.25, -0.2) is 20.8 Å². The number of allylic oxidation sites excluding steroid dienone is 1. The van der Waals surface area contributed by atoms with Crippen LogP contribution in [0.1, 0.15) is 37.1 Å². The number of aromatic amines is 1. The minimum atomic E-state index is -1.23. The summed E-state index contributed by atoms with van der Waals surface area (Å²) in [5.74, 6) is 5.75. The SMILES string of the molecule is CCC(O)(c1ccncc1)c1cc(-c2c[nH]c3ncc(/C(C)=C/N(C)N)cc23)ncn1. The number of rotatable bonds is 6. The molecule has 0 bridgehead atoms. The normalized spacial score (nSPS) is 13.9. The van der Waals surface area contributed by atoms with Crippen molar-refractivity contribution >= 4 is 16.6 Å². The van der Waals surface area contributed by atoms with Gasteiger partial charge < -0.3 is 15.1 Å². The van der Waals surface area contributed by atoms with Crippen molar-refractivity contribution in [1.29, 1.82) is 0 Å². The smallest absolute Gasteiger partial charge is 0.137 e. The van der Waals surface area contributed by atoms with Gasteiger partial charge in [0.05, 0.1) is 11.4 Å². The van der Waals surface area contributed by atoms with Gasteiger partial charge in [0.1, 0.15) is 17.6 Å². The minimum Gasteiger partial charge on any atom is -0.379 e. The highest BCUT2D eigenvalue weighted by atomic mass is 16.3. The van der Waals surface area contributed by atoms with Crippen molar-refractivity contribution in [1.82, 2.24) is 29.9 Å². The van der Waals surface area contributed by atoms with Crippen LogP contribution in [0.25, 0.3) is 27.9 Å². The Morgan fingerprint density at radius 2 is 2.00 bits per heavy atom. The van der Waals surface area contributed by atoms with E-state index < -0.39 is 5.60 Å². The summed E-state index contributed by atoms with van der Waals surface area (Å²) < 4.78 is 0. The first kappa shape index (κ1) is 20.6. The van der Waals surface area contributed by atoms with Crippen LogP contribution >= 0.6 is 0 Å². The number of hydrogen-bond acceptors (Lipinski definition) is 7. The minimum absolute atomic E-state index is 0.462. The van der Waals surface area contributed by atoms with E-state index in [-0.39, 0.29) is 0 Å². The third-order valence-electron chi connectivity index (χ3n) is 5.42. The molecular formula is C23H25N7O. The fourth-order valence-electron chi connectivity index (χ4n) is 3.70. The number of nitrogens with zero attached hydrogens (tertiary/aromatic N) is 5. The van der Waals surface area contributed by atoms with Crippen molar-refractivity contribution in [2.45, 2.75) is 25.9 Å². The summed E-state index contributed by atoms with van der Waals surface area (Å²) in [4.78, 5) is 20.6. The fourth-order valence-corrected chi connectivity index (χ4v) is 3.70. The van der Waals surface area contributed by atoms with Gasteiger partial charge in [0.15, 0.2) is 0 Å². The number of H-pyrrole nitrogens is 1. The van der Waals surface area contributed by atoms with Crippen molar-refractivity contribution in [3.63, 3.8) is 0 Å². The number of nitrogens with two attached hydrogens (primary N) is 1. The summed E-state index contributed by atoms with van der Waals surface area (Å²) in [7, 11) is 1.78. The molecule has 0 aliphatic rings. The quantitative estimate of drug-likeness (QED) is 0.327. The highest BCUT2D eigenvalue weighted by Gasteiger charge is 2.31. The zero-order valence-corrected chi connectivity index (χ0v) is 17.7. The molecule has 0 radical (unpaired) electrons. The first-order valence-corrected chi connectivity index (χ1v) is 10.0. The third-order valence-corrected chi connectivity index (χ3v) is 5.42. The second-order valence-corrected chi connectivity index (χ2v) is 7.54. The summed E-state index contributed by atoms with van der Waals surface area (Å²) in [6.45, 7) is 3.91. The Balaban J connectivity index is 1.81. The molecule has 8 heteroatoms. The van der Waals surface area contributed by atoms with Crippen LogP contribution in [0.5, 0.6) is 0 Å². The fraction of sp³-hybridized carbons (Fsp3) is 0.217. The number of hydrazine groups is 1. The van der Waals surface area contributed by atoms with E-state index in [1.165, 1.54) is 11.3 Å². The van der Waals surface area contributed by atoms with Crippen molar-refractivity contribution in [2.24, 2.45) is 5.84 Å². The topological polar surface area (TPSA) is 117 Å².